The predicted octanol–water partition coefficient (Wildman–Crippen LogP) is 2.40. The molecule has 6 heteroatoms. The minimum Gasteiger partial charge on any atom is -0.494 e. The average molecular weight is 348 g/mol. The van der Waals surface area contributed by atoms with Crippen molar-refractivity contribution in [3.8, 4) is 5.75 Å². The molecule has 0 saturated carbocycles. The van der Waals surface area contributed by atoms with Crippen molar-refractivity contribution in [3.63, 3.8) is 0 Å². The molecule has 0 aliphatic carbocycles. The fourth-order valence-electron chi connectivity index (χ4n) is 3.82. The largest absolute Gasteiger partial charge is 0.494 e. The Morgan fingerprint density at radius 3 is 2.60 bits per heavy atom. The van der Waals surface area contributed by atoms with E-state index in [1.807, 2.05) is 4.90 Å². The summed E-state index contributed by atoms with van der Waals surface area (Å²) < 4.78 is 18.5. The molecule has 1 spiro atoms. The minimum atomic E-state index is -0.564. The van der Waals surface area contributed by atoms with E-state index in [0.29, 0.717) is 5.41 Å². The summed E-state index contributed by atoms with van der Waals surface area (Å²) in [4.78, 5) is 26.4. The molecule has 0 bridgehead atoms. The molecule has 0 unspecified atom stereocenters. The van der Waals surface area contributed by atoms with Crippen LogP contribution in [0.1, 0.15) is 42.5 Å². The van der Waals surface area contributed by atoms with Crippen molar-refractivity contribution in [2.24, 2.45) is 5.41 Å². The number of likely N-dealkylation sites (tertiary alicyclic amines) is 1. The maximum Gasteiger partial charge on any atom is 0.223 e. The van der Waals surface area contributed by atoms with Gasteiger partial charge in [-0.15, -0.1) is 0 Å². The second-order valence-electron chi connectivity index (χ2n) is 7.08. The molecule has 0 aromatic heterocycles. The number of nitrogens with zero attached hydrogens (tertiary/aromatic N) is 1. The van der Waals surface area contributed by atoms with E-state index in [4.69, 9.17) is 4.74 Å². The highest BCUT2D eigenvalue weighted by Crippen LogP contribution is 2.37. The first-order valence-corrected chi connectivity index (χ1v) is 8.88. The van der Waals surface area contributed by atoms with Crippen molar-refractivity contribution >= 4 is 11.7 Å². The van der Waals surface area contributed by atoms with Gasteiger partial charge in [0.1, 0.15) is 0 Å². The Balaban J connectivity index is 1.49. The predicted molar refractivity (Wildman–Crippen MR) is 92.3 cm³/mol. The number of carbonyl (C=O) groups excluding carboxylic acids is 2. The van der Waals surface area contributed by atoms with E-state index >= 15 is 0 Å². The lowest BCUT2D eigenvalue weighted by atomic mass is 9.78. The van der Waals surface area contributed by atoms with Gasteiger partial charge in [-0.3, -0.25) is 9.59 Å². The van der Waals surface area contributed by atoms with Crippen LogP contribution in [0, 0.1) is 11.2 Å². The summed E-state index contributed by atoms with van der Waals surface area (Å²) in [5.74, 6) is -0.658. The summed E-state index contributed by atoms with van der Waals surface area (Å²) in [5.41, 5.74) is 0.647. The normalized spacial score (nSPS) is 19.2. The number of rotatable bonds is 5. The molecule has 1 N–H and O–H groups in total. The Morgan fingerprint density at radius 2 is 2.00 bits per heavy atom. The highest BCUT2D eigenvalue weighted by atomic mass is 19.1. The van der Waals surface area contributed by atoms with E-state index in [0.717, 1.165) is 39.0 Å². The van der Waals surface area contributed by atoms with Gasteiger partial charge in [-0.25, -0.2) is 4.39 Å². The van der Waals surface area contributed by atoms with Gasteiger partial charge in [0.15, 0.2) is 17.3 Å². The molecule has 1 aromatic rings. The third kappa shape index (κ3) is 4.00. The van der Waals surface area contributed by atoms with Crippen molar-refractivity contribution in [2.75, 3.05) is 33.3 Å². The lowest BCUT2D eigenvalue weighted by Gasteiger charge is -2.38. The standard InChI is InChI=1S/C19H25FN2O3/c1-25-17-4-2-14(12-15(17)20)16(23)3-5-18(24)22-10-7-19(8-11-22)6-9-21-13-19/h2,4,12,21H,3,5-11,13H2,1H3. The molecule has 1 amide bonds. The van der Waals surface area contributed by atoms with Crippen LogP contribution in [0.4, 0.5) is 4.39 Å². The van der Waals surface area contributed by atoms with Crippen LogP contribution in [0.3, 0.4) is 0 Å². The SMILES string of the molecule is COc1ccc(C(=O)CCC(=O)N2CCC3(CCNC3)CC2)cc1F. The highest BCUT2D eigenvalue weighted by molar-refractivity contribution is 5.98. The van der Waals surface area contributed by atoms with Crippen LogP contribution in [0.5, 0.6) is 5.75 Å². The van der Waals surface area contributed by atoms with Gasteiger partial charge in [-0.1, -0.05) is 0 Å². The van der Waals surface area contributed by atoms with Crippen molar-refractivity contribution in [2.45, 2.75) is 32.1 Å². The maximum atomic E-state index is 13.7. The fraction of sp³-hybridized carbons (Fsp3) is 0.579. The van der Waals surface area contributed by atoms with Crippen LogP contribution in [0.25, 0.3) is 0 Å². The molecule has 5 nitrogen and oxygen atoms in total. The van der Waals surface area contributed by atoms with Crippen molar-refractivity contribution in [3.05, 3.63) is 29.6 Å². The van der Waals surface area contributed by atoms with Gasteiger partial charge in [0, 0.05) is 38.0 Å². The molecule has 25 heavy (non-hydrogen) atoms. The zero-order valence-corrected chi connectivity index (χ0v) is 14.6. The molecule has 2 aliphatic heterocycles. The van der Waals surface area contributed by atoms with Crippen molar-refractivity contribution in [1.82, 2.24) is 10.2 Å². The number of hydrogen-bond acceptors (Lipinski definition) is 4. The Kier molecular flexibility index (Phi) is 5.37. The highest BCUT2D eigenvalue weighted by Gasteiger charge is 2.37. The van der Waals surface area contributed by atoms with Crippen LogP contribution >= 0.6 is 0 Å². The summed E-state index contributed by atoms with van der Waals surface area (Å²) in [6.07, 6.45) is 3.54. The van der Waals surface area contributed by atoms with Gasteiger partial charge < -0.3 is 15.0 Å². The van der Waals surface area contributed by atoms with Crippen LogP contribution in [-0.4, -0.2) is 49.9 Å². The van der Waals surface area contributed by atoms with Gasteiger partial charge >= 0.3 is 0 Å². The van der Waals surface area contributed by atoms with Crippen LogP contribution in [-0.2, 0) is 4.79 Å². The lowest BCUT2D eigenvalue weighted by molar-refractivity contribution is -0.133. The molecule has 2 heterocycles. The van der Waals surface area contributed by atoms with Gasteiger partial charge in [-0.05, 0) is 49.4 Å². The van der Waals surface area contributed by atoms with E-state index in [1.165, 1.54) is 31.7 Å². The first kappa shape index (κ1) is 17.9. The van der Waals surface area contributed by atoms with Gasteiger partial charge in [0.25, 0.3) is 0 Å². The molecule has 0 radical (unpaired) electrons. The monoisotopic (exact) mass is 348 g/mol. The van der Waals surface area contributed by atoms with Crippen LogP contribution in [0.2, 0.25) is 0 Å². The molecular weight excluding hydrogens is 323 g/mol. The molecule has 3 rings (SSSR count). The number of methoxy groups -OCH3 is 1. The number of benzene rings is 1. The number of amides is 1. The lowest BCUT2D eigenvalue weighted by Crippen LogP contribution is -2.44. The maximum absolute atomic E-state index is 13.7. The minimum absolute atomic E-state index is 0.0168. The van der Waals surface area contributed by atoms with E-state index in [-0.39, 0.29) is 35.8 Å². The Hall–Kier alpha value is -1.95. The van der Waals surface area contributed by atoms with E-state index in [1.54, 1.807) is 0 Å². The number of nitrogens with one attached hydrogen (secondary N) is 1. The molecular formula is C19H25FN2O3. The van der Waals surface area contributed by atoms with Crippen LogP contribution in [0.15, 0.2) is 18.2 Å². The molecule has 0 atom stereocenters. The number of halogens is 1. The van der Waals surface area contributed by atoms with Crippen LogP contribution < -0.4 is 10.1 Å². The third-order valence-electron chi connectivity index (χ3n) is 5.55. The van der Waals surface area contributed by atoms with E-state index in [2.05, 4.69) is 5.32 Å². The first-order chi connectivity index (χ1) is 12.0. The summed E-state index contributed by atoms with van der Waals surface area (Å²) in [5, 5.41) is 3.41. The number of carbonyl (C=O) groups is 2. The van der Waals surface area contributed by atoms with Crippen molar-refractivity contribution in [1.29, 1.82) is 0 Å². The topological polar surface area (TPSA) is 58.6 Å². The molecule has 2 aliphatic rings. The summed E-state index contributed by atoms with van der Waals surface area (Å²) in [6.45, 7) is 3.66. The molecule has 2 fully saturated rings. The van der Waals surface area contributed by atoms with Crippen molar-refractivity contribution < 1.29 is 18.7 Å². The second kappa shape index (κ2) is 7.52. The fourth-order valence-corrected chi connectivity index (χ4v) is 3.82. The summed E-state index contributed by atoms with van der Waals surface area (Å²) >= 11 is 0. The Labute approximate surface area is 147 Å². The quantitative estimate of drug-likeness (QED) is 0.830. The number of Topliss-reactive ketones (excluding diaryl/α,β-unsaturated/α-hetero) is 1. The van der Waals surface area contributed by atoms with Gasteiger partial charge in [0.05, 0.1) is 7.11 Å². The third-order valence-corrected chi connectivity index (χ3v) is 5.55. The van der Waals surface area contributed by atoms with E-state index < -0.39 is 5.82 Å². The smallest absolute Gasteiger partial charge is 0.223 e. The number of ether oxygens (including phenoxy) is 1. The second-order valence-corrected chi connectivity index (χ2v) is 7.08. The molecule has 136 valence electrons. The summed E-state index contributed by atoms with van der Waals surface area (Å²) in [6, 6.07) is 4.14. The van der Waals surface area contributed by atoms with E-state index in [9.17, 15) is 14.0 Å². The molecule has 1 aromatic carbocycles. The van der Waals surface area contributed by atoms with Gasteiger partial charge in [0.2, 0.25) is 5.91 Å². The number of piperidine rings is 1. The zero-order chi connectivity index (χ0) is 17.9. The first-order valence-electron chi connectivity index (χ1n) is 8.88. The van der Waals surface area contributed by atoms with Gasteiger partial charge in [-0.2, -0.15) is 0 Å². The Bertz CT molecular complexity index is 646. The average Bonchev–Trinajstić information content (AvgIpc) is 3.08. The summed E-state index contributed by atoms with van der Waals surface area (Å²) in [7, 11) is 1.38. The Morgan fingerprint density at radius 1 is 1.24 bits per heavy atom. The number of hydrogen-bond donors (Lipinski definition) is 1. The molecule has 2 saturated heterocycles. The zero-order valence-electron chi connectivity index (χ0n) is 14.6. The number of ketones is 1.